The van der Waals surface area contributed by atoms with Crippen molar-refractivity contribution in [1.29, 1.82) is 0 Å². The van der Waals surface area contributed by atoms with Crippen LogP contribution in [0.25, 0.3) is 0 Å². The molecule has 0 aliphatic heterocycles. The monoisotopic (exact) mass is 285 g/mol. The topological polar surface area (TPSA) is 49.9 Å². The van der Waals surface area contributed by atoms with Crippen molar-refractivity contribution in [1.82, 2.24) is 4.98 Å². The molecule has 0 amide bonds. The van der Waals surface area contributed by atoms with Crippen LogP contribution >= 0.6 is 27.5 Å². The predicted octanol–water partition coefficient (Wildman–Crippen LogP) is 2.45. The van der Waals surface area contributed by atoms with Crippen molar-refractivity contribution in [3.63, 3.8) is 0 Å². The van der Waals surface area contributed by atoms with Gasteiger partial charge in [-0.05, 0) is 33.6 Å². The van der Waals surface area contributed by atoms with Gasteiger partial charge < -0.3 is 4.98 Å². The second-order valence-electron chi connectivity index (χ2n) is 2.36. The molecule has 0 saturated heterocycles. The predicted molar refractivity (Wildman–Crippen MR) is 49.9 cm³/mol. The van der Waals surface area contributed by atoms with E-state index < -0.39 is 22.8 Å². The van der Waals surface area contributed by atoms with Crippen LogP contribution in [0.4, 0.5) is 8.78 Å². The van der Waals surface area contributed by atoms with Crippen molar-refractivity contribution in [3.05, 3.63) is 32.2 Å². The van der Waals surface area contributed by atoms with Gasteiger partial charge in [0.15, 0.2) is 0 Å². The van der Waals surface area contributed by atoms with Gasteiger partial charge in [0.2, 0.25) is 0 Å². The molecule has 14 heavy (non-hydrogen) atoms. The highest BCUT2D eigenvalue weighted by molar-refractivity contribution is 9.10. The Labute approximate surface area is 90.2 Å². The lowest BCUT2D eigenvalue weighted by atomic mass is 10.2. The highest BCUT2D eigenvalue weighted by Gasteiger charge is 2.17. The van der Waals surface area contributed by atoms with E-state index in [0.717, 1.165) is 6.07 Å². The Balaban J connectivity index is 3.42. The minimum atomic E-state index is -2.94. The molecule has 1 heterocycles. The van der Waals surface area contributed by atoms with E-state index in [1.165, 1.54) is 0 Å². The molecule has 0 saturated carbocycles. The number of rotatable bonds is 2. The van der Waals surface area contributed by atoms with E-state index in [-0.39, 0.29) is 10.2 Å². The van der Waals surface area contributed by atoms with E-state index in [9.17, 15) is 18.4 Å². The fourth-order valence-corrected chi connectivity index (χ4v) is 1.57. The summed E-state index contributed by atoms with van der Waals surface area (Å²) < 4.78 is 24.4. The van der Waals surface area contributed by atoms with Gasteiger partial charge in [0.25, 0.3) is 17.2 Å². The molecular weight excluding hydrogens is 283 g/mol. The van der Waals surface area contributed by atoms with Crippen LogP contribution in [0.1, 0.15) is 22.3 Å². The number of H-pyrrole nitrogens is 1. The van der Waals surface area contributed by atoms with Crippen LogP contribution < -0.4 is 5.56 Å². The first-order valence-electron chi connectivity index (χ1n) is 3.34. The first-order valence-corrected chi connectivity index (χ1v) is 4.51. The smallest absolute Gasteiger partial charge is 0.269 e. The summed E-state index contributed by atoms with van der Waals surface area (Å²) in [6.45, 7) is 0. The number of hydrogen-bond acceptors (Lipinski definition) is 2. The molecule has 0 atom stereocenters. The summed E-state index contributed by atoms with van der Waals surface area (Å²) in [5, 5.41) is -0.921. The third kappa shape index (κ3) is 2.19. The van der Waals surface area contributed by atoms with E-state index in [4.69, 9.17) is 11.6 Å². The van der Waals surface area contributed by atoms with E-state index in [2.05, 4.69) is 15.9 Å². The van der Waals surface area contributed by atoms with Crippen LogP contribution in [-0.4, -0.2) is 10.2 Å². The van der Waals surface area contributed by atoms with Crippen molar-refractivity contribution in [2.24, 2.45) is 0 Å². The SMILES string of the molecule is O=C(Cl)c1cc(C(F)F)c(=O)[nH]c1Br. The van der Waals surface area contributed by atoms with Gasteiger partial charge in [0.05, 0.1) is 15.7 Å². The average molecular weight is 286 g/mol. The summed E-state index contributed by atoms with van der Waals surface area (Å²) in [4.78, 5) is 23.7. The van der Waals surface area contributed by atoms with Crippen LogP contribution in [0.5, 0.6) is 0 Å². The second kappa shape index (κ2) is 4.18. The third-order valence-electron chi connectivity index (χ3n) is 1.47. The number of nitrogens with one attached hydrogen (secondary N) is 1. The van der Waals surface area contributed by atoms with Gasteiger partial charge in [-0.15, -0.1) is 0 Å². The Morgan fingerprint density at radius 2 is 2.14 bits per heavy atom. The highest BCUT2D eigenvalue weighted by atomic mass is 79.9. The van der Waals surface area contributed by atoms with E-state index in [1.807, 2.05) is 4.98 Å². The van der Waals surface area contributed by atoms with Gasteiger partial charge in [-0.25, -0.2) is 8.78 Å². The van der Waals surface area contributed by atoms with Gasteiger partial charge in [0, 0.05) is 0 Å². The van der Waals surface area contributed by atoms with E-state index >= 15 is 0 Å². The lowest BCUT2D eigenvalue weighted by molar-refractivity contribution is 0.107. The molecule has 0 radical (unpaired) electrons. The first kappa shape index (κ1) is 11.3. The van der Waals surface area contributed by atoms with Crippen LogP contribution in [0.3, 0.4) is 0 Å². The van der Waals surface area contributed by atoms with Crippen molar-refractivity contribution >= 4 is 32.8 Å². The van der Waals surface area contributed by atoms with Crippen LogP contribution in [-0.2, 0) is 0 Å². The number of aromatic amines is 1. The molecule has 0 unspecified atom stereocenters. The Hall–Kier alpha value is -0.750. The quantitative estimate of drug-likeness (QED) is 0.670. The average Bonchev–Trinajstić information content (AvgIpc) is 2.02. The lowest BCUT2D eigenvalue weighted by Gasteiger charge is -2.02. The highest BCUT2D eigenvalue weighted by Crippen LogP contribution is 2.20. The number of pyridine rings is 1. The molecule has 0 fully saturated rings. The van der Waals surface area contributed by atoms with Crippen LogP contribution in [0.15, 0.2) is 15.5 Å². The summed E-state index contributed by atoms with van der Waals surface area (Å²) in [6, 6.07) is 0.767. The molecule has 0 aliphatic rings. The number of alkyl halides is 2. The maximum absolute atomic E-state index is 12.2. The molecule has 1 aromatic rings. The molecule has 0 spiro atoms. The first-order chi connectivity index (χ1) is 6.43. The van der Waals surface area contributed by atoms with E-state index in [1.54, 1.807) is 0 Å². The zero-order valence-corrected chi connectivity index (χ0v) is 8.82. The van der Waals surface area contributed by atoms with Gasteiger partial charge in [-0.3, -0.25) is 9.59 Å². The summed E-state index contributed by atoms with van der Waals surface area (Å²) >= 11 is 7.93. The largest absolute Gasteiger partial charge is 0.316 e. The van der Waals surface area contributed by atoms with Gasteiger partial charge in [-0.1, -0.05) is 0 Å². The third-order valence-corrected chi connectivity index (χ3v) is 2.30. The van der Waals surface area contributed by atoms with E-state index in [0.29, 0.717) is 0 Å². The molecule has 76 valence electrons. The normalized spacial score (nSPS) is 10.6. The zero-order chi connectivity index (χ0) is 10.9. The zero-order valence-electron chi connectivity index (χ0n) is 6.48. The van der Waals surface area contributed by atoms with Gasteiger partial charge in [-0.2, -0.15) is 0 Å². The fourth-order valence-electron chi connectivity index (χ4n) is 0.829. The summed E-state index contributed by atoms with van der Waals surface area (Å²) in [7, 11) is 0. The van der Waals surface area contributed by atoms with Crippen molar-refractivity contribution < 1.29 is 13.6 Å². The molecule has 3 nitrogen and oxygen atoms in total. The summed E-state index contributed by atoms with van der Waals surface area (Å²) in [6.07, 6.45) is -2.94. The standard InChI is InChI=1S/C7H3BrClF2NO2/c8-4-2(5(9)13)1-3(6(10)11)7(14)12-4/h1,6H,(H,12,14). The number of aromatic nitrogens is 1. The Morgan fingerprint density at radius 1 is 1.57 bits per heavy atom. The van der Waals surface area contributed by atoms with Gasteiger partial charge in [0.1, 0.15) is 0 Å². The molecule has 1 rings (SSSR count). The molecule has 0 aromatic carbocycles. The van der Waals surface area contributed by atoms with Gasteiger partial charge >= 0.3 is 0 Å². The molecule has 1 N–H and O–H groups in total. The number of hydrogen-bond donors (Lipinski definition) is 1. The molecule has 7 heteroatoms. The molecule has 0 aliphatic carbocycles. The van der Waals surface area contributed by atoms with Crippen LogP contribution in [0, 0.1) is 0 Å². The van der Waals surface area contributed by atoms with Crippen molar-refractivity contribution in [2.45, 2.75) is 6.43 Å². The second-order valence-corrected chi connectivity index (χ2v) is 3.49. The maximum Gasteiger partial charge on any atom is 0.269 e. The van der Waals surface area contributed by atoms with Crippen LogP contribution in [0.2, 0.25) is 0 Å². The number of carbonyl (C=O) groups excluding carboxylic acids is 1. The summed E-state index contributed by atoms with van der Waals surface area (Å²) in [5.41, 5.74) is -1.92. The Bertz CT molecular complexity index is 432. The molecule has 1 aromatic heterocycles. The Kier molecular flexibility index (Phi) is 3.38. The number of carbonyl (C=O) groups is 1. The summed E-state index contributed by atoms with van der Waals surface area (Å²) in [5.74, 6) is 0. The number of halogens is 4. The Morgan fingerprint density at radius 3 is 2.57 bits per heavy atom. The maximum atomic E-state index is 12.2. The minimum Gasteiger partial charge on any atom is -0.316 e. The molecular formula is C7H3BrClF2NO2. The lowest BCUT2D eigenvalue weighted by Crippen LogP contribution is -2.15. The fraction of sp³-hybridized carbons (Fsp3) is 0.143. The van der Waals surface area contributed by atoms with Crippen molar-refractivity contribution in [2.75, 3.05) is 0 Å². The van der Waals surface area contributed by atoms with Crippen molar-refractivity contribution in [3.8, 4) is 0 Å². The molecule has 0 bridgehead atoms. The minimum absolute atomic E-state index is 0.00750.